The molecule has 0 heterocycles. The minimum absolute atomic E-state index is 0. The van der Waals surface area contributed by atoms with Crippen molar-refractivity contribution in [2.45, 2.75) is 0 Å². The van der Waals surface area contributed by atoms with E-state index >= 15 is 0 Å². The van der Waals surface area contributed by atoms with Gasteiger partial charge in [-0.2, -0.15) is 0 Å². The first-order valence-electron chi connectivity index (χ1n) is 2.24. The van der Waals surface area contributed by atoms with Crippen LogP contribution in [0.4, 0.5) is 0 Å². The molecule has 0 aliphatic rings. The fourth-order valence-electron chi connectivity index (χ4n) is 0. The van der Waals surface area contributed by atoms with Crippen LogP contribution in [0.15, 0.2) is 0 Å². The van der Waals surface area contributed by atoms with Gasteiger partial charge in [0.1, 0.15) is 0 Å². The van der Waals surface area contributed by atoms with Crippen molar-refractivity contribution >= 4 is 0 Å². The van der Waals surface area contributed by atoms with Crippen LogP contribution in [0.1, 0.15) is 0 Å². The molecule has 0 amide bonds. The number of rotatable bonds is 0. The average Bonchev–Trinajstić information content (AvgIpc) is 1.72. The summed E-state index contributed by atoms with van der Waals surface area (Å²) in [6.07, 6.45) is 0. The zero-order valence-electron chi connectivity index (χ0n) is 6.64. The maximum Gasteiger partial charge on any atom is 1.00 e. The second-order valence-electron chi connectivity index (χ2n) is 2.68. The summed E-state index contributed by atoms with van der Waals surface area (Å²) in [7, 11) is 8.50. The van der Waals surface area contributed by atoms with Crippen molar-refractivity contribution in [1.29, 1.82) is 10.5 Å². The van der Waals surface area contributed by atoms with Crippen LogP contribution in [0, 0.1) is 23.7 Å². The second kappa shape index (κ2) is 15.9. The van der Waals surface area contributed by atoms with E-state index in [9.17, 15) is 0 Å². The first-order valence-corrected chi connectivity index (χ1v) is 2.24. The van der Waals surface area contributed by atoms with E-state index < -0.39 is 0 Å². The molecule has 0 saturated carbocycles. The first kappa shape index (κ1) is 22.6. The summed E-state index contributed by atoms with van der Waals surface area (Å²) in [4.78, 5) is 0. The smallest absolute Gasteiger partial charge is 0.512 e. The zero-order valence-corrected chi connectivity index (χ0v) is 8.13. The van der Waals surface area contributed by atoms with Crippen molar-refractivity contribution in [3.63, 3.8) is 0 Å². The summed E-state index contributed by atoms with van der Waals surface area (Å²) in [5.74, 6) is 0. The van der Waals surface area contributed by atoms with Crippen LogP contribution in [-0.2, 0) is 22.4 Å². The molecule has 0 aliphatic heterocycles. The Morgan fingerprint density at radius 1 is 0.800 bits per heavy atom. The van der Waals surface area contributed by atoms with Gasteiger partial charge in [0, 0.05) is 0 Å². The van der Waals surface area contributed by atoms with Crippen molar-refractivity contribution in [2.75, 3.05) is 28.2 Å². The van der Waals surface area contributed by atoms with Crippen LogP contribution in [0.25, 0.3) is 0 Å². The summed E-state index contributed by atoms with van der Waals surface area (Å²) in [5.41, 5.74) is 0. The summed E-state index contributed by atoms with van der Waals surface area (Å²) < 4.78 is 1.00. The summed E-state index contributed by atoms with van der Waals surface area (Å²) in [5, 5.41) is 12.5. The second-order valence-corrected chi connectivity index (χ2v) is 2.68. The molecule has 4 heteroatoms. The van der Waals surface area contributed by atoms with Gasteiger partial charge in [-0.1, -0.05) is 0 Å². The Kier molecular flexibility index (Phi) is 35.9. The Hall–Kier alpha value is -0.320. The van der Waals surface area contributed by atoms with Crippen molar-refractivity contribution < 1.29 is 26.9 Å². The maximum atomic E-state index is 6.25. The SMILES string of the molecule is C[N+](C)(C)C.[Ag+].[C-]#N.[C-]#N. The normalized spacial score (nSPS) is 6.40. The van der Waals surface area contributed by atoms with Crippen LogP contribution in [0.3, 0.4) is 0 Å². The standard InChI is InChI=1S/C4H12N.2CN.Ag/c1-5(2,3)4;2*1-2;/h1-4H3;;;/q+1;2*-1;+1. The average molecular weight is 234 g/mol. The molecular weight excluding hydrogens is 222 g/mol. The Labute approximate surface area is 79.0 Å². The third-order valence-electron chi connectivity index (χ3n) is 0. The molecule has 0 aliphatic carbocycles. The molecule has 3 nitrogen and oxygen atoms in total. The topological polar surface area (TPSA) is 47.6 Å². The predicted molar refractivity (Wildman–Crippen MR) is 33.9 cm³/mol. The van der Waals surface area contributed by atoms with Crippen LogP contribution in [-0.4, -0.2) is 32.7 Å². The van der Waals surface area contributed by atoms with Crippen molar-refractivity contribution in [2.24, 2.45) is 0 Å². The molecule has 0 N–H and O–H groups in total. The number of hydrogen-bond acceptors (Lipinski definition) is 2. The molecule has 0 spiro atoms. The fourth-order valence-corrected chi connectivity index (χ4v) is 0. The molecule has 0 aromatic carbocycles. The van der Waals surface area contributed by atoms with Gasteiger partial charge in [-0.3, -0.25) is 0 Å². The summed E-state index contributed by atoms with van der Waals surface area (Å²) in [6.45, 7) is 9.50. The third kappa shape index (κ3) is 3350. The van der Waals surface area contributed by atoms with Gasteiger partial charge in [0.15, 0.2) is 0 Å². The van der Waals surface area contributed by atoms with Gasteiger partial charge in [0.25, 0.3) is 0 Å². The molecule has 0 aromatic rings. The first-order chi connectivity index (χ1) is 4.00. The van der Waals surface area contributed by atoms with Gasteiger partial charge in [-0.25, -0.2) is 0 Å². The van der Waals surface area contributed by atoms with E-state index in [1.165, 1.54) is 0 Å². The maximum absolute atomic E-state index is 6.25. The molecule has 0 radical (unpaired) electrons. The predicted octanol–water partition coefficient (Wildman–Crippen LogP) is 0.513. The van der Waals surface area contributed by atoms with Crippen LogP contribution in [0.2, 0.25) is 0 Å². The van der Waals surface area contributed by atoms with Gasteiger partial charge >= 0.3 is 22.4 Å². The Morgan fingerprint density at radius 3 is 0.800 bits per heavy atom. The Balaban J connectivity index is -0.0000000315. The Bertz CT molecular complexity index is 68.0. The monoisotopic (exact) mass is 233 g/mol. The zero-order chi connectivity index (χ0) is 8.50. The molecule has 62 valence electrons. The van der Waals surface area contributed by atoms with Gasteiger partial charge in [-0.05, 0) is 0 Å². The van der Waals surface area contributed by atoms with Gasteiger partial charge in [-0.15, -0.1) is 0 Å². The van der Waals surface area contributed by atoms with E-state index in [-0.39, 0.29) is 22.4 Å². The van der Waals surface area contributed by atoms with E-state index in [1.54, 1.807) is 0 Å². The minimum atomic E-state index is 0. The van der Waals surface area contributed by atoms with E-state index in [0.717, 1.165) is 4.48 Å². The summed E-state index contributed by atoms with van der Waals surface area (Å²) in [6, 6.07) is 0. The van der Waals surface area contributed by atoms with Crippen LogP contribution >= 0.6 is 0 Å². The van der Waals surface area contributed by atoms with E-state index in [0.29, 0.717) is 0 Å². The van der Waals surface area contributed by atoms with E-state index in [4.69, 9.17) is 23.7 Å². The fraction of sp³-hybridized carbons (Fsp3) is 0.667. The summed E-state index contributed by atoms with van der Waals surface area (Å²) >= 11 is 0. The van der Waals surface area contributed by atoms with E-state index in [1.807, 2.05) is 0 Å². The molecule has 0 atom stereocenters. The molecule has 10 heavy (non-hydrogen) atoms. The quantitative estimate of drug-likeness (QED) is 0.348. The van der Waals surface area contributed by atoms with Gasteiger partial charge < -0.3 is 28.2 Å². The molecule has 0 aromatic heterocycles. The Morgan fingerprint density at radius 2 is 0.800 bits per heavy atom. The van der Waals surface area contributed by atoms with Crippen LogP contribution in [0.5, 0.6) is 0 Å². The number of hydrogen-bond donors (Lipinski definition) is 0. The van der Waals surface area contributed by atoms with Gasteiger partial charge in [0.2, 0.25) is 0 Å². The van der Waals surface area contributed by atoms with Crippen molar-refractivity contribution in [3.05, 3.63) is 13.1 Å². The van der Waals surface area contributed by atoms with E-state index in [2.05, 4.69) is 28.2 Å². The molecular formula is C6H12AgN3. The molecule has 0 rings (SSSR count). The molecule has 0 bridgehead atoms. The van der Waals surface area contributed by atoms with Crippen molar-refractivity contribution in [1.82, 2.24) is 0 Å². The molecule has 0 saturated heterocycles. The number of quaternary nitrogens is 1. The van der Waals surface area contributed by atoms with Crippen LogP contribution < -0.4 is 0 Å². The third-order valence-corrected chi connectivity index (χ3v) is 0. The molecule has 0 fully saturated rings. The number of nitrogens with zero attached hydrogens (tertiary/aromatic N) is 3. The molecule has 0 unspecified atom stereocenters. The minimum Gasteiger partial charge on any atom is -0.512 e. The largest absolute Gasteiger partial charge is 1.00 e. The van der Waals surface area contributed by atoms with Crippen molar-refractivity contribution in [3.8, 4) is 0 Å². The van der Waals surface area contributed by atoms with Gasteiger partial charge in [0.05, 0.1) is 28.2 Å².